The van der Waals surface area contributed by atoms with Crippen LogP contribution in [0.2, 0.25) is 5.02 Å². The Kier molecular flexibility index (Phi) is 6.11. The molecule has 2 aromatic carbocycles. The topological polar surface area (TPSA) is 46.9 Å². The van der Waals surface area contributed by atoms with Crippen LogP contribution in [0.15, 0.2) is 42.5 Å². The number of imidazole rings is 1. The predicted molar refractivity (Wildman–Crippen MR) is 106 cm³/mol. The maximum absolute atomic E-state index is 14.3. The third-order valence-electron chi connectivity index (χ3n) is 4.89. The average molecular weight is 388 g/mol. The van der Waals surface area contributed by atoms with Crippen molar-refractivity contribution in [1.29, 1.82) is 0 Å². The van der Waals surface area contributed by atoms with E-state index in [0.717, 1.165) is 23.9 Å². The van der Waals surface area contributed by atoms with Crippen LogP contribution in [0.4, 0.5) is 4.39 Å². The van der Waals surface area contributed by atoms with Gasteiger partial charge in [-0.05, 0) is 37.1 Å². The molecule has 3 rings (SSSR count). The van der Waals surface area contributed by atoms with Gasteiger partial charge in [0.1, 0.15) is 11.6 Å². The number of halogens is 2. The van der Waals surface area contributed by atoms with Gasteiger partial charge in [0.15, 0.2) is 0 Å². The lowest BCUT2D eigenvalue weighted by molar-refractivity contribution is -0.125. The molecular formula is C21H23ClFN3O. The van der Waals surface area contributed by atoms with E-state index < -0.39 is 0 Å². The first-order valence-corrected chi connectivity index (χ1v) is 9.57. The van der Waals surface area contributed by atoms with Gasteiger partial charge in [-0.3, -0.25) is 4.79 Å². The Morgan fingerprint density at radius 1 is 1.19 bits per heavy atom. The number of rotatable bonds is 7. The fourth-order valence-corrected chi connectivity index (χ4v) is 3.47. The average Bonchev–Trinajstić information content (AvgIpc) is 3.01. The fraction of sp³-hybridized carbons (Fsp3) is 0.333. The van der Waals surface area contributed by atoms with E-state index in [1.165, 1.54) is 6.07 Å². The first-order chi connectivity index (χ1) is 13.0. The molecule has 0 saturated carbocycles. The van der Waals surface area contributed by atoms with E-state index in [1.807, 2.05) is 42.7 Å². The van der Waals surface area contributed by atoms with Crippen LogP contribution in [0, 0.1) is 11.7 Å². The fourth-order valence-electron chi connectivity index (χ4n) is 3.25. The van der Waals surface area contributed by atoms with Crippen LogP contribution in [-0.2, 0) is 17.9 Å². The van der Waals surface area contributed by atoms with Gasteiger partial charge in [0, 0.05) is 16.5 Å². The summed E-state index contributed by atoms with van der Waals surface area (Å²) in [5, 5.41) is 3.34. The van der Waals surface area contributed by atoms with Crippen molar-refractivity contribution < 1.29 is 9.18 Å². The molecule has 0 aliphatic rings. The Hall–Kier alpha value is -2.40. The van der Waals surface area contributed by atoms with Crippen molar-refractivity contribution in [1.82, 2.24) is 14.9 Å². The Labute approximate surface area is 163 Å². The molecule has 0 aliphatic heterocycles. The first-order valence-electron chi connectivity index (χ1n) is 9.19. The molecule has 0 unspecified atom stereocenters. The summed E-state index contributed by atoms with van der Waals surface area (Å²) in [6.45, 7) is 4.55. The maximum atomic E-state index is 14.3. The summed E-state index contributed by atoms with van der Waals surface area (Å²) in [4.78, 5) is 17.0. The second-order valence-corrected chi connectivity index (χ2v) is 6.94. The van der Waals surface area contributed by atoms with Crippen molar-refractivity contribution in [3.05, 3.63) is 64.7 Å². The molecule has 1 N–H and O–H groups in total. The number of fused-ring (bicyclic) bond motifs is 1. The number of benzene rings is 2. The van der Waals surface area contributed by atoms with Gasteiger partial charge in [-0.2, -0.15) is 0 Å². The summed E-state index contributed by atoms with van der Waals surface area (Å²) in [7, 11) is 0. The van der Waals surface area contributed by atoms with Crippen molar-refractivity contribution >= 4 is 28.5 Å². The molecule has 1 heterocycles. The minimum Gasteiger partial charge on any atom is -0.349 e. The van der Waals surface area contributed by atoms with Crippen LogP contribution >= 0.6 is 11.6 Å². The standard InChI is InChI=1S/C21H23ClFN3O/c1-3-14(4-2)21(27)24-12-20-25-18-10-5-6-11-19(18)26(20)13-15-16(22)8-7-9-17(15)23/h5-11,14H,3-4,12-13H2,1-2H3,(H,24,27). The van der Waals surface area contributed by atoms with Crippen molar-refractivity contribution in [2.45, 2.75) is 39.8 Å². The Morgan fingerprint density at radius 3 is 2.63 bits per heavy atom. The predicted octanol–water partition coefficient (Wildman–Crippen LogP) is 4.93. The van der Waals surface area contributed by atoms with E-state index in [4.69, 9.17) is 11.6 Å². The van der Waals surface area contributed by atoms with Crippen LogP contribution in [0.1, 0.15) is 38.1 Å². The molecule has 4 nitrogen and oxygen atoms in total. The zero-order chi connectivity index (χ0) is 19.4. The zero-order valence-corrected chi connectivity index (χ0v) is 16.3. The maximum Gasteiger partial charge on any atom is 0.223 e. The van der Waals surface area contributed by atoms with Crippen LogP contribution in [0.5, 0.6) is 0 Å². The van der Waals surface area contributed by atoms with E-state index >= 15 is 0 Å². The molecule has 1 amide bonds. The largest absolute Gasteiger partial charge is 0.349 e. The van der Waals surface area contributed by atoms with Crippen molar-refractivity contribution in [3.8, 4) is 0 Å². The monoisotopic (exact) mass is 387 g/mol. The van der Waals surface area contributed by atoms with E-state index in [-0.39, 0.29) is 30.7 Å². The summed E-state index contributed by atoms with van der Waals surface area (Å²) in [5.74, 6) is 0.327. The molecule has 0 aliphatic carbocycles. The Bertz CT molecular complexity index is 929. The van der Waals surface area contributed by atoms with Crippen LogP contribution in [-0.4, -0.2) is 15.5 Å². The highest BCUT2D eigenvalue weighted by molar-refractivity contribution is 6.31. The van der Waals surface area contributed by atoms with Crippen molar-refractivity contribution in [3.63, 3.8) is 0 Å². The zero-order valence-electron chi connectivity index (χ0n) is 15.5. The molecule has 0 fully saturated rings. The Balaban J connectivity index is 1.94. The number of carbonyl (C=O) groups excluding carboxylic acids is 1. The third-order valence-corrected chi connectivity index (χ3v) is 5.24. The molecular weight excluding hydrogens is 365 g/mol. The van der Waals surface area contributed by atoms with Crippen molar-refractivity contribution in [2.75, 3.05) is 0 Å². The Morgan fingerprint density at radius 2 is 1.93 bits per heavy atom. The SMILES string of the molecule is CCC(CC)C(=O)NCc1nc2ccccc2n1Cc1c(F)cccc1Cl. The quantitative estimate of drug-likeness (QED) is 0.624. The minimum atomic E-state index is -0.354. The lowest BCUT2D eigenvalue weighted by Gasteiger charge is -2.14. The van der Waals surface area contributed by atoms with E-state index in [2.05, 4.69) is 10.3 Å². The van der Waals surface area contributed by atoms with Gasteiger partial charge >= 0.3 is 0 Å². The normalized spacial score (nSPS) is 11.3. The highest BCUT2D eigenvalue weighted by Crippen LogP contribution is 2.24. The highest BCUT2D eigenvalue weighted by atomic mass is 35.5. The molecule has 0 atom stereocenters. The van der Waals surface area contributed by atoms with Gasteiger partial charge in [-0.15, -0.1) is 0 Å². The molecule has 0 saturated heterocycles. The van der Waals surface area contributed by atoms with Gasteiger partial charge < -0.3 is 9.88 Å². The van der Waals surface area contributed by atoms with E-state index in [1.54, 1.807) is 12.1 Å². The summed E-state index contributed by atoms with van der Waals surface area (Å²) < 4.78 is 16.2. The molecule has 27 heavy (non-hydrogen) atoms. The third kappa shape index (κ3) is 4.14. The summed E-state index contributed by atoms with van der Waals surface area (Å²) in [6, 6.07) is 12.3. The van der Waals surface area contributed by atoms with E-state index in [0.29, 0.717) is 16.4 Å². The molecule has 142 valence electrons. The summed E-state index contributed by atoms with van der Waals surface area (Å²) in [5.41, 5.74) is 2.09. The highest BCUT2D eigenvalue weighted by Gasteiger charge is 2.17. The number of carbonyl (C=O) groups is 1. The van der Waals surface area contributed by atoms with Gasteiger partial charge in [-0.1, -0.05) is 43.6 Å². The van der Waals surface area contributed by atoms with Crippen LogP contribution < -0.4 is 5.32 Å². The number of hydrogen-bond acceptors (Lipinski definition) is 2. The molecule has 0 spiro atoms. The molecule has 3 aromatic rings. The van der Waals surface area contributed by atoms with Crippen molar-refractivity contribution in [2.24, 2.45) is 5.92 Å². The van der Waals surface area contributed by atoms with Gasteiger partial charge in [0.05, 0.1) is 24.1 Å². The summed E-state index contributed by atoms with van der Waals surface area (Å²) >= 11 is 6.21. The number of aromatic nitrogens is 2. The van der Waals surface area contributed by atoms with Gasteiger partial charge in [0.25, 0.3) is 0 Å². The lowest BCUT2D eigenvalue weighted by Crippen LogP contribution is -2.30. The second-order valence-electron chi connectivity index (χ2n) is 6.53. The molecule has 1 aromatic heterocycles. The van der Waals surface area contributed by atoms with E-state index in [9.17, 15) is 9.18 Å². The molecule has 0 radical (unpaired) electrons. The van der Waals surface area contributed by atoms with Crippen LogP contribution in [0.25, 0.3) is 11.0 Å². The number of hydrogen-bond donors (Lipinski definition) is 1. The number of nitrogens with one attached hydrogen (secondary N) is 1. The smallest absolute Gasteiger partial charge is 0.223 e. The van der Waals surface area contributed by atoms with Gasteiger partial charge in [-0.25, -0.2) is 9.37 Å². The number of amides is 1. The molecule has 0 bridgehead atoms. The minimum absolute atomic E-state index is 0.0103. The number of nitrogens with zero attached hydrogens (tertiary/aromatic N) is 2. The summed E-state index contributed by atoms with van der Waals surface area (Å²) in [6.07, 6.45) is 1.59. The second kappa shape index (κ2) is 8.53. The first kappa shape index (κ1) is 19.4. The van der Waals surface area contributed by atoms with Crippen LogP contribution in [0.3, 0.4) is 0 Å². The lowest BCUT2D eigenvalue weighted by atomic mass is 10.0. The van der Waals surface area contributed by atoms with Gasteiger partial charge in [0.2, 0.25) is 5.91 Å². The number of para-hydroxylation sites is 2. The molecule has 6 heteroatoms.